The van der Waals surface area contributed by atoms with E-state index in [-0.39, 0.29) is 33.0 Å². The van der Waals surface area contributed by atoms with E-state index < -0.39 is 29.7 Å². The Kier molecular flexibility index (Phi) is 10.3. The lowest BCUT2D eigenvalue weighted by molar-refractivity contribution is -0.353. The Morgan fingerprint density at radius 1 is 0.635 bits per heavy atom. The van der Waals surface area contributed by atoms with Crippen LogP contribution in [0.2, 0.25) is 5.02 Å². The number of aliphatic hydroxyl groups is 1. The highest BCUT2D eigenvalue weighted by Crippen LogP contribution is 2.53. The van der Waals surface area contributed by atoms with Crippen molar-refractivity contribution in [2.45, 2.75) is 55.9 Å². The summed E-state index contributed by atoms with van der Waals surface area (Å²) in [6, 6.07) is 41.6. The molecule has 0 aliphatic carbocycles. The Labute approximate surface area is 308 Å². The third-order valence-corrected chi connectivity index (χ3v) is 10.3. The number of halogens is 1. The number of fused-ring (bicyclic) bond motifs is 3. The van der Waals surface area contributed by atoms with Crippen molar-refractivity contribution in [3.63, 3.8) is 0 Å². The number of aliphatic hydroxyl groups excluding tert-OH is 1. The van der Waals surface area contributed by atoms with Crippen LogP contribution in [0.4, 0.5) is 0 Å². The molecule has 8 nitrogen and oxygen atoms in total. The van der Waals surface area contributed by atoms with E-state index in [4.69, 9.17) is 44.8 Å². The number of benzene rings is 5. The van der Waals surface area contributed by atoms with Gasteiger partial charge in [-0.25, -0.2) is 0 Å². The van der Waals surface area contributed by atoms with Gasteiger partial charge in [0.1, 0.15) is 37.1 Å². The summed E-state index contributed by atoms with van der Waals surface area (Å²) in [6.45, 7) is 1.56. The molecule has 5 aromatic carbocycles. The molecule has 0 spiro atoms. The fraction of sp³-hybridized carbons (Fsp3) is 0.302. The lowest BCUT2D eigenvalue weighted by Crippen LogP contribution is -2.67. The van der Waals surface area contributed by atoms with Crippen molar-refractivity contribution >= 4 is 11.6 Å². The second-order valence-corrected chi connectivity index (χ2v) is 13.8. The molecule has 9 heteroatoms. The zero-order valence-corrected chi connectivity index (χ0v) is 29.5. The minimum Gasteiger partial charge on any atom is -0.486 e. The Morgan fingerprint density at radius 2 is 1.23 bits per heavy atom. The summed E-state index contributed by atoms with van der Waals surface area (Å²) in [7, 11) is 0. The predicted molar refractivity (Wildman–Crippen MR) is 195 cm³/mol. The van der Waals surface area contributed by atoms with Gasteiger partial charge in [-0.15, -0.1) is 0 Å². The predicted octanol–water partition coefficient (Wildman–Crippen LogP) is 7.40. The van der Waals surface area contributed by atoms with Gasteiger partial charge in [0.25, 0.3) is 0 Å². The summed E-state index contributed by atoms with van der Waals surface area (Å²) in [6.07, 6.45) is -1.76. The van der Waals surface area contributed by atoms with Crippen LogP contribution < -0.4 is 9.47 Å². The van der Waals surface area contributed by atoms with Gasteiger partial charge >= 0.3 is 0 Å². The molecule has 3 heterocycles. The third-order valence-electron chi connectivity index (χ3n) is 9.92. The van der Waals surface area contributed by atoms with Gasteiger partial charge in [-0.3, -0.25) is 0 Å². The van der Waals surface area contributed by atoms with Crippen LogP contribution in [0, 0.1) is 0 Å². The van der Waals surface area contributed by atoms with Crippen molar-refractivity contribution < 1.29 is 38.3 Å². The smallest absolute Gasteiger partial charge is 0.225 e. The van der Waals surface area contributed by atoms with Crippen LogP contribution in [0.3, 0.4) is 0 Å². The molecule has 0 amide bonds. The van der Waals surface area contributed by atoms with Crippen molar-refractivity contribution in [1.82, 2.24) is 0 Å². The van der Waals surface area contributed by atoms with Gasteiger partial charge in [-0.2, -0.15) is 0 Å². The molecule has 2 bridgehead atoms. The Hall–Kier alpha value is -4.25. The van der Waals surface area contributed by atoms with Crippen LogP contribution in [0.1, 0.15) is 33.4 Å². The fourth-order valence-corrected chi connectivity index (χ4v) is 7.46. The quantitative estimate of drug-likeness (QED) is 0.135. The van der Waals surface area contributed by atoms with E-state index in [9.17, 15) is 5.11 Å². The highest BCUT2D eigenvalue weighted by Gasteiger charge is 2.69. The molecule has 0 radical (unpaired) electrons. The topological polar surface area (TPSA) is 84.8 Å². The lowest BCUT2D eigenvalue weighted by atomic mass is 9.83. The average Bonchev–Trinajstić information content (AvgIpc) is 3.56. The zero-order valence-electron chi connectivity index (χ0n) is 28.7. The molecular weight excluding hydrogens is 680 g/mol. The highest BCUT2D eigenvalue weighted by molar-refractivity contribution is 6.31. The molecule has 52 heavy (non-hydrogen) atoms. The molecule has 0 unspecified atom stereocenters. The number of rotatable bonds is 13. The van der Waals surface area contributed by atoms with Gasteiger partial charge in [0.2, 0.25) is 5.79 Å². The highest BCUT2D eigenvalue weighted by atomic mass is 35.5. The van der Waals surface area contributed by atoms with Crippen molar-refractivity contribution in [2.24, 2.45) is 0 Å². The summed E-state index contributed by atoms with van der Waals surface area (Å²) in [5, 5.41) is 11.8. The average molecular weight is 721 g/mol. The molecule has 0 aromatic heterocycles. The molecule has 268 valence electrons. The van der Waals surface area contributed by atoms with E-state index in [1.807, 2.05) is 127 Å². The Morgan fingerprint density at radius 3 is 1.87 bits per heavy atom. The van der Waals surface area contributed by atoms with Gasteiger partial charge in [0.15, 0.2) is 11.5 Å². The van der Waals surface area contributed by atoms with Crippen LogP contribution in [0.5, 0.6) is 11.5 Å². The second-order valence-electron chi connectivity index (χ2n) is 13.4. The minimum atomic E-state index is -1.46. The first-order valence-corrected chi connectivity index (χ1v) is 18.0. The van der Waals surface area contributed by atoms with E-state index in [1.54, 1.807) is 0 Å². The molecular formula is C43H41ClO8. The second kappa shape index (κ2) is 15.4. The van der Waals surface area contributed by atoms with E-state index in [2.05, 4.69) is 0 Å². The zero-order chi connectivity index (χ0) is 35.4. The monoisotopic (exact) mass is 720 g/mol. The maximum Gasteiger partial charge on any atom is 0.225 e. The summed E-state index contributed by atoms with van der Waals surface area (Å²) in [4.78, 5) is 0. The van der Waals surface area contributed by atoms with Gasteiger partial charge in [-0.05, 0) is 58.5 Å². The lowest BCUT2D eigenvalue weighted by Gasteiger charge is -2.50. The fourth-order valence-electron chi connectivity index (χ4n) is 7.28. The SMILES string of the molecule is OC[C@@]12CO[C@@](c3ccc(Cl)c(Cc4ccc5c(c4)OCCO5)c3)(O1)[C@H](OCc1ccccc1)[C@@H](OCc1ccccc1)[C@@H]2OCc1ccccc1. The summed E-state index contributed by atoms with van der Waals surface area (Å²) >= 11 is 6.88. The molecule has 0 saturated carbocycles. The Bertz CT molecular complexity index is 1940. The molecule has 2 fully saturated rings. The molecule has 5 aromatic rings. The maximum absolute atomic E-state index is 11.2. The maximum atomic E-state index is 11.2. The van der Waals surface area contributed by atoms with Crippen LogP contribution in [0.15, 0.2) is 127 Å². The number of ether oxygens (including phenoxy) is 7. The molecule has 2 saturated heterocycles. The van der Waals surface area contributed by atoms with Gasteiger partial charge in [0.05, 0.1) is 33.0 Å². The van der Waals surface area contributed by atoms with Crippen molar-refractivity contribution in [2.75, 3.05) is 26.4 Å². The summed E-state index contributed by atoms with van der Waals surface area (Å²) < 4.78 is 45.9. The molecule has 8 rings (SSSR count). The minimum absolute atomic E-state index is 0.0550. The van der Waals surface area contributed by atoms with Crippen molar-refractivity contribution in [1.29, 1.82) is 0 Å². The Balaban J connectivity index is 1.19. The van der Waals surface area contributed by atoms with Gasteiger partial charge in [-0.1, -0.05) is 115 Å². The normalized spacial score (nSPS) is 24.8. The van der Waals surface area contributed by atoms with Crippen LogP contribution in [-0.2, 0) is 55.7 Å². The summed E-state index contributed by atoms with van der Waals surface area (Å²) in [5.74, 6) is -0.0168. The number of hydrogen-bond donors (Lipinski definition) is 1. The molecule has 1 N–H and O–H groups in total. The van der Waals surface area contributed by atoms with E-state index >= 15 is 0 Å². The van der Waals surface area contributed by atoms with E-state index in [0.29, 0.717) is 36.0 Å². The molecule has 3 aliphatic heterocycles. The first-order valence-electron chi connectivity index (χ1n) is 17.6. The van der Waals surface area contributed by atoms with Gasteiger partial charge in [0, 0.05) is 10.6 Å². The largest absolute Gasteiger partial charge is 0.486 e. The van der Waals surface area contributed by atoms with E-state index in [0.717, 1.165) is 33.6 Å². The van der Waals surface area contributed by atoms with E-state index in [1.165, 1.54) is 0 Å². The first-order chi connectivity index (χ1) is 25.5. The van der Waals surface area contributed by atoms with Crippen LogP contribution >= 0.6 is 11.6 Å². The molecule has 3 aliphatic rings. The third kappa shape index (κ3) is 7.08. The first kappa shape index (κ1) is 34.8. The standard InChI is InChI=1S/C43H41ClO8/c44-36-18-17-35(24-34(36)22-33-16-19-37-38(23-33)47-21-20-46-37)43-41(50-27-32-14-8-3-9-15-32)39(48-25-30-10-4-1-5-11-30)40(42(28-45,52-43)29-51-43)49-26-31-12-6-2-7-13-31/h1-19,23-24,39-41,45H,20-22,25-29H2/t39-,40-,41+,42-,43-/m0/s1. The van der Waals surface area contributed by atoms with Crippen molar-refractivity contribution in [3.05, 3.63) is 166 Å². The number of hydrogen-bond acceptors (Lipinski definition) is 8. The van der Waals surface area contributed by atoms with Crippen LogP contribution in [0.25, 0.3) is 0 Å². The molecule has 5 atom stereocenters. The van der Waals surface area contributed by atoms with Crippen LogP contribution in [-0.4, -0.2) is 55.4 Å². The van der Waals surface area contributed by atoms with Gasteiger partial charge < -0.3 is 38.3 Å². The summed E-state index contributed by atoms with van der Waals surface area (Å²) in [5.41, 5.74) is 4.28. The van der Waals surface area contributed by atoms with Crippen molar-refractivity contribution in [3.8, 4) is 11.5 Å².